The van der Waals surface area contributed by atoms with Gasteiger partial charge in [-0.05, 0) is 57.8 Å². The number of hydrogen-bond acceptors (Lipinski definition) is 13. The van der Waals surface area contributed by atoms with Crippen molar-refractivity contribution in [2.45, 2.75) is 325 Å². The predicted octanol–water partition coefficient (Wildman–Crippen LogP) is 11.2. The number of hydrogen-bond donors (Lipinski definition) is 9. The standard InChI is InChI=1S/C63H115NO13/c1-3-5-7-9-11-13-15-16-17-18-19-20-21-22-23-24-25-26-27-28-29-30-31-32-33-34-35-36-37-39-41-43-45-47-55(68)64-51(52(67)46-44-42-40-38-14-12-10-8-6-4-2)50-74-62-60(73)58(71)61(54(49-66)76-62)77-63-59(72)57(70)56(69)53(48-65)75-63/h15-16,18-19,21-22,44,46,51-54,56-63,65-67,69-73H,3-14,17,20,23-43,45,47-50H2,1-2H3,(H,64,68)/b16-15-,19-18-,22-21-,46-44+. The van der Waals surface area contributed by atoms with Gasteiger partial charge in [0.15, 0.2) is 12.6 Å². The Morgan fingerprint density at radius 2 is 0.857 bits per heavy atom. The summed E-state index contributed by atoms with van der Waals surface area (Å²) in [7, 11) is 0. The maximum Gasteiger partial charge on any atom is 0.220 e. The first-order chi connectivity index (χ1) is 37.6. The molecule has 2 saturated heterocycles. The molecule has 2 aliphatic rings. The third kappa shape index (κ3) is 34.1. The van der Waals surface area contributed by atoms with Crippen LogP contribution in [0.4, 0.5) is 0 Å². The molecule has 12 unspecified atom stereocenters. The van der Waals surface area contributed by atoms with E-state index < -0.39 is 86.8 Å². The number of unbranched alkanes of at least 4 members (excludes halogenated alkanes) is 31. The lowest BCUT2D eigenvalue weighted by Crippen LogP contribution is -2.65. The summed E-state index contributed by atoms with van der Waals surface area (Å²) >= 11 is 0. The Hall–Kier alpha value is -2.05. The molecule has 2 fully saturated rings. The van der Waals surface area contributed by atoms with E-state index in [1.807, 2.05) is 6.08 Å². The molecule has 0 radical (unpaired) electrons. The quantitative estimate of drug-likeness (QED) is 0.0204. The fourth-order valence-electron chi connectivity index (χ4n) is 10.2. The van der Waals surface area contributed by atoms with Gasteiger partial charge in [-0.25, -0.2) is 0 Å². The molecule has 2 rings (SSSR count). The average molecular weight is 1090 g/mol. The highest BCUT2D eigenvalue weighted by atomic mass is 16.7. The van der Waals surface area contributed by atoms with Gasteiger partial charge in [-0.2, -0.15) is 0 Å². The zero-order valence-corrected chi connectivity index (χ0v) is 48.5. The molecule has 12 atom stereocenters. The van der Waals surface area contributed by atoms with Crippen molar-refractivity contribution in [3.63, 3.8) is 0 Å². The number of nitrogens with one attached hydrogen (secondary N) is 1. The summed E-state index contributed by atoms with van der Waals surface area (Å²) in [6.45, 7) is 2.76. The minimum absolute atomic E-state index is 0.240. The van der Waals surface area contributed by atoms with Crippen molar-refractivity contribution in [3.05, 3.63) is 48.6 Å². The van der Waals surface area contributed by atoms with Crippen molar-refractivity contribution in [2.75, 3.05) is 19.8 Å². The van der Waals surface area contributed by atoms with Gasteiger partial charge >= 0.3 is 0 Å². The Morgan fingerprint density at radius 1 is 0.468 bits per heavy atom. The molecule has 0 saturated carbocycles. The maximum absolute atomic E-state index is 13.2. The van der Waals surface area contributed by atoms with Crippen molar-refractivity contribution >= 4 is 5.91 Å². The monoisotopic (exact) mass is 1090 g/mol. The van der Waals surface area contributed by atoms with Crippen LogP contribution in [0.3, 0.4) is 0 Å². The number of ether oxygens (including phenoxy) is 4. The SMILES string of the molecule is CCCCCCC/C=C\C/C=C\C/C=C\CCCCCCCCCCCCCCCCCCCCC(=O)NC(COC1OC(CO)C(OC2OC(CO)C(O)C(O)C2O)C(O)C1O)C(O)/C=C/CCCCCCCCCC. The van der Waals surface area contributed by atoms with Crippen molar-refractivity contribution < 1.29 is 64.6 Å². The van der Waals surface area contributed by atoms with Crippen LogP contribution < -0.4 is 5.32 Å². The van der Waals surface area contributed by atoms with E-state index in [0.29, 0.717) is 6.42 Å². The first-order valence-electron chi connectivity index (χ1n) is 31.4. The van der Waals surface area contributed by atoms with Crippen LogP contribution in [0.2, 0.25) is 0 Å². The Kier molecular flexibility index (Phi) is 44.9. The molecule has 0 aromatic rings. The van der Waals surface area contributed by atoms with Crippen molar-refractivity contribution in [1.29, 1.82) is 0 Å². The summed E-state index contributed by atoms with van der Waals surface area (Å²) in [4.78, 5) is 13.2. The lowest BCUT2D eigenvalue weighted by molar-refractivity contribution is -0.359. The minimum atomic E-state index is -1.79. The molecule has 9 N–H and O–H groups in total. The Labute approximate surface area is 467 Å². The summed E-state index contributed by atoms with van der Waals surface area (Å²) in [5.41, 5.74) is 0. The van der Waals surface area contributed by atoms with Crippen LogP contribution in [0, 0.1) is 0 Å². The molecular weight excluding hydrogens is 979 g/mol. The molecule has 450 valence electrons. The second-order valence-electron chi connectivity index (χ2n) is 22.2. The van der Waals surface area contributed by atoms with E-state index in [2.05, 4.69) is 55.6 Å². The molecule has 0 aromatic carbocycles. The largest absolute Gasteiger partial charge is 0.394 e. The molecular formula is C63H115NO13. The maximum atomic E-state index is 13.2. The van der Waals surface area contributed by atoms with Crippen LogP contribution in [-0.2, 0) is 23.7 Å². The zero-order valence-electron chi connectivity index (χ0n) is 48.5. The first kappa shape index (κ1) is 71.1. The van der Waals surface area contributed by atoms with Crippen LogP contribution in [0.15, 0.2) is 48.6 Å². The van der Waals surface area contributed by atoms with Crippen LogP contribution in [0.5, 0.6) is 0 Å². The Morgan fingerprint density at radius 3 is 1.31 bits per heavy atom. The molecule has 0 spiro atoms. The number of rotatable bonds is 50. The lowest BCUT2D eigenvalue weighted by Gasteiger charge is -2.46. The summed E-state index contributed by atoms with van der Waals surface area (Å²) < 4.78 is 22.7. The molecule has 2 heterocycles. The zero-order chi connectivity index (χ0) is 56.0. The first-order valence-corrected chi connectivity index (χ1v) is 31.4. The van der Waals surface area contributed by atoms with E-state index in [0.717, 1.165) is 51.4 Å². The highest BCUT2D eigenvalue weighted by Crippen LogP contribution is 2.30. The highest BCUT2D eigenvalue weighted by molar-refractivity contribution is 5.76. The predicted molar refractivity (Wildman–Crippen MR) is 309 cm³/mol. The van der Waals surface area contributed by atoms with Crippen LogP contribution in [0.25, 0.3) is 0 Å². The molecule has 14 heteroatoms. The fourth-order valence-corrected chi connectivity index (χ4v) is 10.2. The molecule has 1 amide bonds. The normalized spacial score (nSPS) is 25.0. The van der Waals surface area contributed by atoms with Gasteiger partial charge in [0.05, 0.1) is 32.0 Å². The van der Waals surface area contributed by atoms with E-state index >= 15 is 0 Å². The van der Waals surface area contributed by atoms with Gasteiger partial charge in [0.2, 0.25) is 5.91 Å². The molecule has 0 aromatic heterocycles. The van der Waals surface area contributed by atoms with Crippen LogP contribution >= 0.6 is 0 Å². The lowest BCUT2D eigenvalue weighted by atomic mass is 9.97. The van der Waals surface area contributed by atoms with Gasteiger partial charge in [0.1, 0.15) is 48.8 Å². The smallest absolute Gasteiger partial charge is 0.220 e. The van der Waals surface area contributed by atoms with E-state index in [-0.39, 0.29) is 18.9 Å². The van der Waals surface area contributed by atoms with Gasteiger partial charge in [0, 0.05) is 6.42 Å². The summed E-state index contributed by atoms with van der Waals surface area (Å²) in [6, 6.07) is -0.912. The number of aliphatic hydroxyl groups excluding tert-OH is 8. The Balaban J connectivity index is 1.60. The Bertz CT molecular complexity index is 1480. The van der Waals surface area contributed by atoms with Crippen LogP contribution in [0.1, 0.15) is 251 Å². The fraction of sp³-hybridized carbons (Fsp3) is 0.857. The van der Waals surface area contributed by atoms with E-state index in [4.69, 9.17) is 18.9 Å². The van der Waals surface area contributed by atoms with Gasteiger partial charge in [-0.1, -0.05) is 236 Å². The number of allylic oxidation sites excluding steroid dienone is 7. The molecule has 2 aliphatic heterocycles. The molecule has 0 aliphatic carbocycles. The van der Waals surface area contributed by atoms with E-state index in [9.17, 15) is 45.6 Å². The topological polar surface area (TPSA) is 228 Å². The third-order valence-corrected chi connectivity index (χ3v) is 15.3. The molecule has 14 nitrogen and oxygen atoms in total. The van der Waals surface area contributed by atoms with Crippen LogP contribution in [-0.4, -0.2) is 140 Å². The highest BCUT2D eigenvalue weighted by Gasteiger charge is 2.51. The number of amides is 1. The van der Waals surface area contributed by atoms with E-state index in [1.54, 1.807) is 6.08 Å². The number of carbonyl (C=O) groups excluding carboxylic acids is 1. The summed E-state index contributed by atoms with van der Waals surface area (Å²) in [5, 5.41) is 86.9. The van der Waals surface area contributed by atoms with Gasteiger partial charge < -0.3 is 65.1 Å². The van der Waals surface area contributed by atoms with Crippen molar-refractivity contribution in [2.24, 2.45) is 0 Å². The number of carbonyl (C=O) groups is 1. The van der Waals surface area contributed by atoms with Gasteiger partial charge in [-0.15, -0.1) is 0 Å². The molecule has 77 heavy (non-hydrogen) atoms. The minimum Gasteiger partial charge on any atom is -0.394 e. The molecule has 0 bridgehead atoms. The number of aliphatic hydroxyl groups is 8. The van der Waals surface area contributed by atoms with Gasteiger partial charge in [-0.3, -0.25) is 4.79 Å². The van der Waals surface area contributed by atoms with Crippen molar-refractivity contribution in [1.82, 2.24) is 5.32 Å². The second-order valence-corrected chi connectivity index (χ2v) is 22.2. The van der Waals surface area contributed by atoms with Crippen molar-refractivity contribution in [3.8, 4) is 0 Å². The third-order valence-electron chi connectivity index (χ3n) is 15.3. The summed E-state index contributed by atoms with van der Waals surface area (Å²) in [5.74, 6) is -0.240. The van der Waals surface area contributed by atoms with E-state index in [1.165, 1.54) is 173 Å². The average Bonchev–Trinajstić information content (AvgIpc) is 3.45. The summed E-state index contributed by atoms with van der Waals surface area (Å²) in [6.07, 6.45) is 44.7. The van der Waals surface area contributed by atoms with Gasteiger partial charge in [0.25, 0.3) is 0 Å². The second kappa shape index (κ2) is 48.6.